The van der Waals surface area contributed by atoms with Crippen molar-refractivity contribution in [3.63, 3.8) is 0 Å². The van der Waals surface area contributed by atoms with E-state index in [1.54, 1.807) is 0 Å². The standard InChI is InChI=1S/C62H64O18Si10/c1-81(49-29-27-47-59(63)64)71-85(53-35-15-5-16-36-53)67-61-69-87(77-85,55-39-19-7-20-40-55)80-90(58-45-25-10-26-46-58)74-82(2,50-30-28-48-60(65)66)72-86(54-37-17-6-18-38-54)68-62(84(61,76-90)52-33-13-4-14-34-52)70-88(78-86,56-41-21-8-22-42-56)79-89(73-81,57-43-23-9-24-44-57)75-83(61,62)51-31-11-3-12-32-51/h3-26,31-46H,27-30,47-50H2,1-2H3,(H,63,64)(H,65,66). The molecule has 7 aliphatic heterocycles. The molecule has 7 fully saturated rings. The van der Waals surface area contributed by atoms with Crippen LogP contribution in [0.15, 0.2) is 243 Å². The third kappa shape index (κ3) is 9.27. The predicted octanol–water partition coefficient (Wildman–Crippen LogP) is 5.30. The van der Waals surface area contributed by atoms with Crippen molar-refractivity contribution < 1.29 is 78.7 Å². The van der Waals surface area contributed by atoms with Crippen LogP contribution in [-0.4, -0.2) is 119 Å². The molecule has 7 aliphatic rings. The van der Waals surface area contributed by atoms with Gasteiger partial charge in [0.25, 0.3) is 0 Å². The lowest BCUT2D eigenvalue weighted by Gasteiger charge is -2.76. The van der Waals surface area contributed by atoms with Crippen molar-refractivity contribution in [1.29, 1.82) is 0 Å². The molecule has 8 atom stereocenters. The van der Waals surface area contributed by atoms with Crippen LogP contribution in [0.3, 0.4) is 0 Å². The number of hydrogen-bond donors (Lipinski definition) is 2. The smallest absolute Gasteiger partial charge is 0.481 e. The summed E-state index contributed by atoms with van der Waals surface area (Å²) in [5.41, 5.74) is 0. The van der Waals surface area contributed by atoms with E-state index in [2.05, 4.69) is 0 Å². The van der Waals surface area contributed by atoms with Crippen molar-refractivity contribution in [1.82, 2.24) is 0 Å². The Morgan fingerprint density at radius 1 is 0.289 bits per heavy atom. The van der Waals surface area contributed by atoms with Crippen LogP contribution in [0.2, 0.25) is 25.2 Å². The highest BCUT2D eigenvalue weighted by atomic mass is 28.6. The zero-order valence-corrected chi connectivity index (χ0v) is 59.2. The minimum Gasteiger partial charge on any atom is -0.481 e. The fraction of sp³-hybridized carbons (Fsp3) is 0.194. The van der Waals surface area contributed by atoms with E-state index < -0.39 is 109 Å². The second-order valence-electron chi connectivity index (χ2n) is 23.8. The van der Waals surface area contributed by atoms with Crippen LogP contribution in [0.1, 0.15) is 38.5 Å². The first-order chi connectivity index (χ1) is 43.6. The summed E-state index contributed by atoms with van der Waals surface area (Å²) in [6.07, 6.45) is 1.02. The van der Waals surface area contributed by atoms with E-state index in [0.717, 1.165) is 0 Å². The molecular weight excluding hydrogens is 1310 g/mol. The minimum atomic E-state index is -5.22. The summed E-state index contributed by atoms with van der Waals surface area (Å²) in [6.45, 7) is 3.92. The van der Waals surface area contributed by atoms with Crippen molar-refractivity contribution in [2.24, 2.45) is 0 Å². The first-order valence-corrected chi connectivity index (χ1v) is 49.5. The molecule has 10 bridgehead atoms. The summed E-state index contributed by atoms with van der Waals surface area (Å²) < 4.78 is 120. The van der Waals surface area contributed by atoms with Crippen molar-refractivity contribution in [2.75, 3.05) is 0 Å². The van der Waals surface area contributed by atoms with Crippen LogP contribution in [0.5, 0.6) is 0 Å². The lowest BCUT2D eigenvalue weighted by molar-refractivity contribution is -0.179. The van der Waals surface area contributed by atoms with E-state index in [1.165, 1.54) is 0 Å². The van der Waals surface area contributed by atoms with E-state index in [4.69, 9.17) is 58.9 Å². The minimum absolute atomic E-state index is 0.111. The topological polar surface area (TPSA) is 204 Å². The Bertz CT molecular complexity index is 3690. The number of fused-ring (bicyclic) bond motifs is 6. The maximum atomic E-state index is 12.4. The molecule has 460 valence electrons. The Morgan fingerprint density at radius 2 is 0.500 bits per heavy atom. The quantitative estimate of drug-likeness (QED) is 0.0827. The molecule has 0 radical (unpaired) electrons. The summed E-state index contributed by atoms with van der Waals surface area (Å²) in [7, 11) is -49.0. The van der Waals surface area contributed by atoms with Gasteiger partial charge in [0.05, 0.1) is 0 Å². The van der Waals surface area contributed by atoms with Crippen LogP contribution < -0.4 is 41.5 Å². The van der Waals surface area contributed by atoms with Crippen LogP contribution in [0.4, 0.5) is 0 Å². The van der Waals surface area contributed by atoms with Gasteiger partial charge in [-0.05, 0) is 48.4 Å². The molecule has 0 aliphatic carbocycles. The maximum Gasteiger partial charge on any atom is 0.524 e. The fourth-order valence-corrected chi connectivity index (χ4v) is 79.0. The van der Waals surface area contributed by atoms with Gasteiger partial charge in [0, 0.05) is 44.0 Å². The second kappa shape index (κ2) is 22.5. The average molecular weight is 1380 g/mol. The van der Waals surface area contributed by atoms with Crippen LogP contribution in [0, 0.1) is 0 Å². The molecule has 7 heterocycles. The van der Waals surface area contributed by atoms with Gasteiger partial charge in [-0.3, -0.25) is 9.59 Å². The third-order valence-corrected chi connectivity index (χ3v) is 65.8. The Morgan fingerprint density at radius 3 is 0.756 bits per heavy atom. The first kappa shape index (κ1) is 60.5. The number of hydrogen-bond acceptors (Lipinski definition) is 16. The van der Waals surface area contributed by atoms with Gasteiger partial charge in [-0.25, -0.2) is 0 Å². The second-order valence-corrected chi connectivity index (χ2v) is 55.9. The normalized spacial score (nSPS) is 36.1. The number of carbonyl (C=O) groups is 2. The molecule has 0 saturated carbocycles. The number of carboxylic acids is 2. The van der Waals surface area contributed by atoms with Crippen molar-refractivity contribution in [3.8, 4) is 0 Å². The highest BCUT2D eigenvalue weighted by Gasteiger charge is 3.08. The predicted molar refractivity (Wildman–Crippen MR) is 351 cm³/mol. The lowest BCUT2D eigenvalue weighted by Crippen LogP contribution is -3.14. The number of aliphatic carboxylic acids is 2. The molecule has 8 aromatic carbocycles. The number of unbranched alkanes of at least 4 members (excludes halogenated alkanes) is 2. The van der Waals surface area contributed by atoms with E-state index in [-0.39, 0.29) is 37.8 Å². The zero-order chi connectivity index (χ0) is 61.6. The molecule has 15 rings (SSSR count). The van der Waals surface area contributed by atoms with E-state index >= 15 is 0 Å². The Balaban J connectivity index is 1.20. The highest BCUT2D eigenvalue weighted by Crippen LogP contribution is 2.70. The summed E-state index contributed by atoms with van der Waals surface area (Å²) in [6, 6.07) is 77.9. The number of carboxylic acid groups (broad SMARTS) is 2. The lowest BCUT2D eigenvalue weighted by atomic mass is 10.2. The molecule has 2 N–H and O–H groups in total. The monoisotopic (exact) mass is 1380 g/mol. The van der Waals surface area contributed by atoms with Crippen LogP contribution in [0.25, 0.3) is 0 Å². The average Bonchev–Trinajstić information content (AvgIpc) is 1.18. The molecule has 2 spiro atoms. The SMILES string of the molecule is C[Si]1(CCCCC(=O)O)O[Si]2(c3ccccc3)OC34O[Si](c5ccccc5)(O2)O[Si]2(c5ccccc5)O[Si](C)(CCCCC(=O)O)O[Si]5(c6ccccc6)OC6(O[Si](c7ccccc7)(O5)O[Si](c5ccccc5)(O1)O[Si]63c1ccccc1)[Si]4(c1ccccc1)O2. The first-order valence-electron chi connectivity index (χ1n) is 30.3. The van der Waals surface area contributed by atoms with Gasteiger partial charge in [0.1, 0.15) is 0 Å². The largest absolute Gasteiger partial charge is 0.524 e. The maximum absolute atomic E-state index is 12.4. The van der Waals surface area contributed by atoms with Crippen LogP contribution in [-0.2, 0) is 68.4 Å². The zero-order valence-electron chi connectivity index (χ0n) is 49.2. The molecular formula is C62H64O18Si10. The molecule has 7 saturated heterocycles. The van der Waals surface area contributed by atoms with E-state index in [0.29, 0.717) is 54.3 Å². The molecule has 0 amide bonds. The number of benzene rings is 8. The number of rotatable bonds is 18. The van der Waals surface area contributed by atoms with Gasteiger partial charge < -0.3 is 69.1 Å². The van der Waals surface area contributed by atoms with Crippen molar-refractivity contribution in [3.05, 3.63) is 243 Å². The summed E-state index contributed by atoms with van der Waals surface area (Å²) in [4.78, 5) is 24.9. The molecule has 8 unspecified atom stereocenters. The summed E-state index contributed by atoms with van der Waals surface area (Å²) >= 11 is 0. The Hall–Kier alpha value is -5.69. The molecule has 28 heteroatoms. The van der Waals surface area contributed by atoms with Crippen molar-refractivity contribution >= 4 is 140 Å². The van der Waals surface area contributed by atoms with Gasteiger partial charge in [-0.1, -0.05) is 255 Å². The van der Waals surface area contributed by atoms with Gasteiger partial charge in [-0.15, -0.1) is 0 Å². The van der Waals surface area contributed by atoms with Gasteiger partial charge in [0.15, 0.2) is 0 Å². The van der Waals surface area contributed by atoms with E-state index in [9.17, 15) is 19.8 Å². The highest BCUT2D eigenvalue weighted by molar-refractivity contribution is 7.30. The van der Waals surface area contributed by atoms with Crippen molar-refractivity contribution in [2.45, 2.75) is 73.8 Å². The molecule has 8 aromatic rings. The van der Waals surface area contributed by atoms with E-state index in [1.807, 2.05) is 256 Å². The molecule has 18 nitrogen and oxygen atoms in total. The van der Waals surface area contributed by atoms with Gasteiger partial charge in [-0.2, -0.15) is 0 Å². The fourth-order valence-electron chi connectivity index (χ4n) is 14.0. The summed E-state index contributed by atoms with van der Waals surface area (Å²) in [5.74, 6) is -1.88. The van der Waals surface area contributed by atoms with Gasteiger partial charge in [0.2, 0.25) is 10.1 Å². The van der Waals surface area contributed by atoms with Crippen LogP contribution >= 0.6 is 0 Å². The Kier molecular flexibility index (Phi) is 15.1. The molecule has 90 heavy (non-hydrogen) atoms. The third-order valence-electron chi connectivity index (χ3n) is 17.7. The summed E-state index contributed by atoms with van der Waals surface area (Å²) in [5, 5.41) is 20.3. The Labute approximate surface area is 531 Å². The van der Waals surface area contributed by atoms with Gasteiger partial charge >= 0.3 is 98.5 Å². The molecule has 0 aromatic heterocycles.